The van der Waals surface area contributed by atoms with Crippen LogP contribution < -0.4 is 10.6 Å². The minimum atomic E-state index is -0.166. The normalized spacial score (nSPS) is 10.3. The molecule has 0 saturated carbocycles. The molecular weight excluding hydrogens is 331 g/mol. The summed E-state index contributed by atoms with van der Waals surface area (Å²) in [4.78, 5) is 11.0. The smallest absolute Gasteiger partial charge is 0.221 e. The maximum absolute atomic E-state index is 11.0. The molecule has 0 atom stereocenters. The topological polar surface area (TPSA) is 41.1 Å². The first kappa shape index (κ1) is 16.0. The second-order valence-electron chi connectivity index (χ2n) is 4.43. The molecule has 0 aliphatic rings. The van der Waals surface area contributed by atoms with E-state index < -0.39 is 0 Å². The molecule has 0 radical (unpaired) electrons. The molecule has 0 spiro atoms. The summed E-state index contributed by atoms with van der Waals surface area (Å²) in [5, 5.41) is 7.52. The summed E-state index contributed by atoms with van der Waals surface area (Å²) < 4.78 is 0. The highest BCUT2D eigenvalue weighted by Gasteiger charge is 2.07. The van der Waals surface area contributed by atoms with Crippen molar-refractivity contribution in [3.05, 3.63) is 57.0 Å². The Morgan fingerprint density at radius 3 is 2.29 bits per heavy atom. The summed E-state index contributed by atoms with van der Waals surface area (Å²) in [6.45, 7) is 1.91. The number of benzene rings is 2. The number of carbonyl (C=O) groups is 1. The SMILES string of the molecule is CC(=O)Nc1ccc(NCc2c(Cl)cccc2Cl)cc1Cl. The highest BCUT2D eigenvalue weighted by atomic mass is 35.5. The van der Waals surface area contributed by atoms with E-state index in [9.17, 15) is 4.79 Å². The summed E-state index contributed by atoms with van der Waals surface area (Å²) >= 11 is 18.3. The minimum absolute atomic E-state index is 0.166. The van der Waals surface area contributed by atoms with Crippen molar-refractivity contribution in [3.8, 4) is 0 Å². The molecule has 21 heavy (non-hydrogen) atoms. The molecule has 3 nitrogen and oxygen atoms in total. The Balaban J connectivity index is 2.10. The Morgan fingerprint density at radius 2 is 1.71 bits per heavy atom. The third kappa shape index (κ3) is 4.27. The number of anilines is 2. The molecule has 2 N–H and O–H groups in total. The average Bonchev–Trinajstić information content (AvgIpc) is 2.41. The van der Waals surface area contributed by atoms with Gasteiger partial charge in [0, 0.05) is 34.8 Å². The van der Waals surface area contributed by atoms with E-state index in [1.54, 1.807) is 30.3 Å². The molecule has 0 bridgehead atoms. The molecule has 0 fully saturated rings. The minimum Gasteiger partial charge on any atom is -0.381 e. The van der Waals surface area contributed by atoms with Crippen molar-refractivity contribution in [1.82, 2.24) is 0 Å². The zero-order chi connectivity index (χ0) is 15.4. The molecule has 1 amide bonds. The maximum atomic E-state index is 11.0. The second kappa shape index (κ2) is 7.03. The summed E-state index contributed by atoms with van der Waals surface area (Å²) in [5.74, 6) is -0.166. The van der Waals surface area contributed by atoms with Crippen LogP contribution in [-0.4, -0.2) is 5.91 Å². The van der Waals surface area contributed by atoms with Crippen LogP contribution in [0.15, 0.2) is 36.4 Å². The fraction of sp³-hybridized carbons (Fsp3) is 0.133. The Kier molecular flexibility index (Phi) is 5.34. The number of carbonyl (C=O) groups excluding carboxylic acids is 1. The van der Waals surface area contributed by atoms with Crippen molar-refractivity contribution in [2.24, 2.45) is 0 Å². The fourth-order valence-electron chi connectivity index (χ4n) is 1.81. The number of nitrogens with one attached hydrogen (secondary N) is 2. The Bertz CT molecular complexity index is 654. The van der Waals surface area contributed by atoms with Crippen LogP contribution in [0.25, 0.3) is 0 Å². The van der Waals surface area contributed by atoms with Crippen molar-refractivity contribution in [2.75, 3.05) is 10.6 Å². The van der Waals surface area contributed by atoms with E-state index in [4.69, 9.17) is 34.8 Å². The molecule has 0 unspecified atom stereocenters. The lowest BCUT2D eigenvalue weighted by atomic mass is 10.2. The molecule has 2 aromatic carbocycles. The second-order valence-corrected chi connectivity index (χ2v) is 5.65. The highest BCUT2D eigenvalue weighted by molar-refractivity contribution is 6.36. The third-order valence-corrected chi connectivity index (χ3v) is 3.83. The van der Waals surface area contributed by atoms with E-state index in [1.165, 1.54) is 6.92 Å². The van der Waals surface area contributed by atoms with Gasteiger partial charge in [-0.2, -0.15) is 0 Å². The molecular formula is C15H13Cl3N2O. The number of amides is 1. The average molecular weight is 344 g/mol. The predicted molar refractivity (Wildman–Crippen MR) is 89.5 cm³/mol. The zero-order valence-electron chi connectivity index (χ0n) is 11.2. The zero-order valence-corrected chi connectivity index (χ0v) is 13.5. The van der Waals surface area contributed by atoms with Crippen molar-refractivity contribution in [1.29, 1.82) is 0 Å². The van der Waals surface area contributed by atoms with Gasteiger partial charge in [0.15, 0.2) is 0 Å². The van der Waals surface area contributed by atoms with Gasteiger partial charge < -0.3 is 10.6 Å². The molecule has 0 aliphatic heterocycles. The first-order valence-electron chi connectivity index (χ1n) is 6.21. The van der Waals surface area contributed by atoms with Crippen LogP contribution in [0.5, 0.6) is 0 Å². The van der Waals surface area contributed by atoms with Crippen molar-refractivity contribution in [2.45, 2.75) is 13.5 Å². The number of hydrogen-bond donors (Lipinski definition) is 2. The van der Waals surface area contributed by atoms with Gasteiger partial charge in [-0.1, -0.05) is 40.9 Å². The van der Waals surface area contributed by atoms with Gasteiger partial charge in [0.2, 0.25) is 5.91 Å². The van der Waals surface area contributed by atoms with Gasteiger partial charge in [-0.3, -0.25) is 4.79 Å². The molecule has 2 aromatic rings. The molecule has 0 aliphatic carbocycles. The Hall–Kier alpha value is -1.42. The molecule has 0 heterocycles. The lowest BCUT2D eigenvalue weighted by molar-refractivity contribution is -0.114. The van der Waals surface area contributed by atoms with E-state index in [-0.39, 0.29) is 5.91 Å². The van der Waals surface area contributed by atoms with Crippen LogP contribution >= 0.6 is 34.8 Å². The molecule has 6 heteroatoms. The van der Waals surface area contributed by atoms with Gasteiger partial charge in [0.1, 0.15) is 0 Å². The van der Waals surface area contributed by atoms with Crippen LogP contribution in [0.4, 0.5) is 11.4 Å². The molecule has 110 valence electrons. The summed E-state index contributed by atoms with van der Waals surface area (Å²) in [6, 6.07) is 10.7. The van der Waals surface area contributed by atoms with Crippen molar-refractivity contribution in [3.63, 3.8) is 0 Å². The summed E-state index contributed by atoms with van der Waals surface area (Å²) in [5.41, 5.74) is 2.21. The maximum Gasteiger partial charge on any atom is 0.221 e. The lowest BCUT2D eigenvalue weighted by Crippen LogP contribution is -2.06. The standard InChI is InChI=1S/C15H13Cl3N2O/c1-9(21)20-15-6-5-10(7-14(15)18)19-8-11-12(16)3-2-4-13(11)17/h2-7,19H,8H2,1H3,(H,20,21). The van der Waals surface area contributed by atoms with Crippen molar-refractivity contribution < 1.29 is 4.79 Å². The van der Waals surface area contributed by atoms with Gasteiger partial charge >= 0.3 is 0 Å². The van der Waals surface area contributed by atoms with Gasteiger partial charge in [-0.05, 0) is 30.3 Å². The summed E-state index contributed by atoms with van der Waals surface area (Å²) in [6.07, 6.45) is 0. The highest BCUT2D eigenvalue weighted by Crippen LogP contribution is 2.28. The predicted octanol–water partition coefficient (Wildman–Crippen LogP) is 5.22. The lowest BCUT2D eigenvalue weighted by Gasteiger charge is -2.11. The van der Waals surface area contributed by atoms with Crippen LogP contribution in [0.3, 0.4) is 0 Å². The fourth-order valence-corrected chi connectivity index (χ4v) is 2.57. The first-order valence-corrected chi connectivity index (χ1v) is 7.34. The Labute approximate surface area is 138 Å². The van der Waals surface area contributed by atoms with E-state index in [0.717, 1.165) is 11.3 Å². The molecule has 0 aromatic heterocycles. The molecule has 2 rings (SSSR count). The van der Waals surface area contributed by atoms with Gasteiger partial charge in [-0.25, -0.2) is 0 Å². The van der Waals surface area contributed by atoms with Gasteiger partial charge in [0.25, 0.3) is 0 Å². The van der Waals surface area contributed by atoms with E-state index >= 15 is 0 Å². The van der Waals surface area contributed by atoms with Crippen LogP contribution in [-0.2, 0) is 11.3 Å². The summed E-state index contributed by atoms with van der Waals surface area (Å²) in [7, 11) is 0. The number of halogens is 3. The quantitative estimate of drug-likeness (QED) is 0.799. The number of rotatable bonds is 4. The van der Waals surface area contributed by atoms with E-state index in [2.05, 4.69) is 10.6 Å². The monoisotopic (exact) mass is 342 g/mol. The van der Waals surface area contributed by atoms with E-state index in [1.807, 2.05) is 6.07 Å². The van der Waals surface area contributed by atoms with Gasteiger partial charge in [-0.15, -0.1) is 0 Å². The van der Waals surface area contributed by atoms with Crippen LogP contribution in [0.2, 0.25) is 15.1 Å². The van der Waals surface area contributed by atoms with Crippen molar-refractivity contribution >= 4 is 52.1 Å². The first-order chi connectivity index (χ1) is 9.97. The van der Waals surface area contributed by atoms with Gasteiger partial charge in [0.05, 0.1) is 10.7 Å². The number of hydrogen-bond acceptors (Lipinski definition) is 2. The van der Waals surface area contributed by atoms with Crippen LogP contribution in [0.1, 0.15) is 12.5 Å². The molecule has 0 saturated heterocycles. The largest absolute Gasteiger partial charge is 0.381 e. The van der Waals surface area contributed by atoms with E-state index in [0.29, 0.717) is 27.3 Å². The van der Waals surface area contributed by atoms with Crippen LogP contribution in [0, 0.1) is 0 Å². The Morgan fingerprint density at radius 1 is 1.05 bits per heavy atom. The third-order valence-electron chi connectivity index (χ3n) is 2.81.